The van der Waals surface area contributed by atoms with E-state index < -0.39 is 17.0 Å². The molecule has 0 spiro atoms. The molecule has 0 aromatic heterocycles. The smallest absolute Gasteiger partial charge is 0.234 e. The van der Waals surface area contributed by atoms with Crippen LogP contribution in [0.1, 0.15) is 85.6 Å². The van der Waals surface area contributed by atoms with Crippen molar-refractivity contribution in [1.82, 2.24) is 0 Å². The summed E-state index contributed by atoms with van der Waals surface area (Å²) in [7, 11) is 0. The van der Waals surface area contributed by atoms with E-state index in [0.29, 0.717) is 16.8 Å². The highest BCUT2D eigenvalue weighted by Crippen LogP contribution is 2.43. The predicted octanol–water partition coefficient (Wildman–Crippen LogP) is 6.61. The van der Waals surface area contributed by atoms with E-state index >= 15 is 0 Å². The Bertz CT molecular complexity index is 1060. The summed E-state index contributed by atoms with van der Waals surface area (Å²) in [4.78, 5) is 36.9. The maximum Gasteiger partial charge on any atom is 0.234 e. The molecule has 168 valence electrons. The first-order chi connectivity index (χ1) is 15.1. The normalized spacial score (nSPS) is 17.9. The highest BCUT2D eigenvalue weighted by atomic mass is 16.2. The lowest BCUT2D eigenvalue weighted by Gasteiger charge is -2.39. The first-order valence-corrected chi connectivity index (χ1v) is 11.8. The lowest BCUT2D eigenvalue weighted by Crippen LogP contribution is -2.28. The molecule has 0 heterocycles. The number of amides is 1. The standard InChI is InChI=1S/C20H19NO3.C8H14/c1-11-5-7-14-15(9-11)13-8-6-12(21-19(24)20(2,3)4)10-16(13)18(23)17(14)22;1-3-7(4-1)8-5-2-6-8/h5-10H,1-4H3,(H,21,24);7-8H,1-6H2. The van der Waals surface area contributed by atoms with Crippen LogP contribution in [0.4, 0.5) is 5.69 Å². The van der Waals surface area contributed by atoms with Crippen molar-refractivity contribution in [3.8, 4) is 11.1 Å². The van der Waals surface area contributed by atoms with Gasteiger partial charge in [0.25, 0.3) is 0 Å². The maximum atomic E-state index is 12.4. The molecule has 0 aliphatic heterocycles. The van der Waals surface area contributed by atoms with E-state index in [2.05, 4.69) is 5.32 Å². The fourth-order valence-electron chi connectivity index (χ4n) is 4.51. The summed E-state index contributed by atoms with van der Waals surface area (Å²) in [6.45, 7) is 7.39. The molecule has 2 aromatic carbocycles. The Balaban J connectivity index is 0.000000254. The van der Waals surface area contributed by atoms with Gasteiger partial charge in [0.15, 0.2) is 0 Å². The van der Waals surface area contributed by atoms with Gasteiger partial charge in [0.2, 0.25) is 17.5 Å². The largest absolute Gasteiger partial charge is 0.326 e. The molecule has 0 radical (unpaired) electrons. The molecule has 0 bridgehead atoms. The predicted molar refractivity (Wildman–Crippen MR) is 128 cm³/mol. The Morgan fingerprint density at radius 1 is 0.781 bits per heavy atom. The number of carbonyl (C=O) groups is 3. The topological polar surface area (TPSA) is 63.2 Å². The van der Waals surface area contributed by atoms with Crippen molar-refractivity contribution in [3.05, 3.63) is 53.1 Å². The van der Waals surface area contributed by atoms with E-state index in [1.165, 1.54) is 24.7 Å². The molecule has 2 aromatic rings. The van der Waals surface area contributed by atoms with E-state index in [9.17, 15) is 14.4 Å². The van der Waals surface area contributed by atoms with Crippen LogP contribution in [0.5, 0.6) is 0 Å². The number of benzene rings is 2. The van der Waals surface area contributed by atoms with Crippen LogP contribution in [-0.4, -0.2) is 17.5 Å². The van der Waals surface area contributed by atoms with E-state index in [-0.39, 0.29) is 5.91 Å². The van der Waals surface area contributed by atoms with Crippen molar-refractivity contribution in [1.29, 1.82) is 0 Å². The summed E-state index contributed by atoms with van der Waals surface area (Å²) in [5, 5.41) is 2.80. The fourth-order valence-corrected chi connectivity index (χ4v) is 4.51. The maximum absolute atomic E-state index is 12.4. The number of hydrogen-bond acceptors (Lipinski definition) is 3. The zero-order chi connectivity index (χ0) is 23.0. The van der Waals surface area contributed by atoms with Crippen molar-refractivity contribution in [2.75, 3.05) is 5.32 Å². The van der Waals surface area contributed by atoms with Crippen LogP contribution >= 0.6 is 0 Å². The van der Waals surface area contributed by atoms with Gasteiger partial charge in [-0.3, -0.25) is 14.4 Å². The van der Waals surface area contributed by atoms with Crippen molar-refractivity contribution in [2.45, 2.75) is 66.2 Å². The van der Waals surface area contributed by atoms with Crippen molar-refractivity contribution in [2.24, 2.45) is 17.3 Å². The number of hydrogen-bond donors (Lipinski definition) is 1. The number of nitrogens with one attached hydrogen (secondary N) is 1. The van der Waals surface area contributed by atoms with E-state index in [1.807, 2.05) is 39.8 Å². The number of carbonyl (C=O) groups excluding carboxylic acids is 3. The van der Waals surface area contributed by atoms with E-state index in [4.69, 9.17) is 0 Å². The second-order valence-electron chi connectivity index (χ2n) is 10.6. The lowest BCUT2D eigenvalue weighted by atomic mass is 9.67. The van der Waals surface area contributed by atoms with Gasteiger partial charge in [-0.1, -0.05) is 89.1 Å². The number of rotatable bonds is 2. The van der Waals surface area contributed by atoms with E-state index in [1.54, 1.807) is 49.9 Å². The van der Waals surface area contributed by atoms with Crippen LogP contribution in [0.15, 0.2) is 36.4 Å². The van der Waals surface area contributed by atoms with Crippen molar-refractivity contribution < 1.29 is 14.4 Å². The van der Waals surface area contributed by atoms with Crippen LogP contribution < -0.4 is 5.32 Å². The van der Waals surface area contributed by atoms with Gasteiger partial charge in [-0.2, -0.15) is 0 Å². The molecule has 2 saturated carbocycles. The summed E-state index contributed by atoms with van der Waals surface area (Å²) in [6.07, 6.45) is 9.30. The first-order valence-electron chi connectivity index (χ1n) is 11.8. The van der Waals surface area contributed by atoms with Gasteiger partial charge in [-0.05, 0) is 42.0 Å². The minimum Gasteiger partial charge on any atom is -0.326 e. The number of aryl methyl sites for hydroxylation is 1. The van der Waals surface area contributed by atoms with Crippen LogP contribution in [0.2, 0.25) is 0 Å². The zero-order valence-corrected chi connectivity index (χ0v) is 19.6. The minimum absolute atomic E-state index is 0.145. The van der Waals surface area contributed by atoms with Gasteiger partial charge in [-0.25, -0.2) is 0 Å². The van der Waals surface area contributed by atoms with Crippen LogP contribution in [0.3, 0.4) is 0 Å². The van der Waals surface area contributed by atoms with Crippen LogP contribution in [0, 0.1) is 24.2 Å². The summed E-state index contributed by atoms with van der Waals surface area (Å²) >= 11 is 0. The van der Waals surface area contributed by atoms with Gasteiger partial charge < -0.3 is 5.32 Å². The Morgan fingerprint density at radius 2 is 1.34 bits per heavy atom. The highest BCUT2D eigenvalue weighted by Gasteiger charge is 2.32. The van der Waals surface area contributed by atoms with Gasteiger partial charge in [0.05, 0.1) is 0 Å². The molecule has 0 unspecified atom stereocenters. The Labute approximate surface area is 190 Å². The molecule has 4 nitrogen and oxygen atoms in total. The SMILES string of the molecule is C1CC(C2CCC2)C1.Cc1ccc2c(c1)-c1ccc(NC(=O)C(C)(C)C)cc1C(=O)C2=O. The molecule has 3 aliphatic rings. The quantitative estimate of drug-likeness (QED) is 0.544. The Hall–Kier alpha value is -2.75. The van der Waals surface area contributed by atoms with Crippen molar-refractivity contribution >= 4 is 23.2 Å². The average molecular weight is 432 g/mol. The number of anilines is 1. The molecule has 3 aliphatic carbocycles. The van der Waals surface area contributed by atoms with Gasteiger partial charge >= 0.3 is 0 Å². The summed E-state index contributed by atoms with van der Waals surface area (Å²) in [6, 6.07) is 10.6. The molecule has 1 amide bonds. The third-order valence-electron chi connectivity index (χ3n) is 7.09. The molecule has 5 rings (SSSR count). The number of Topliss-reactive ketones (excluding diaryl/α,β-unsaturated/α-hetero) is 2. The van der Waals surface area contributed by atoms with Gasteiger partial charge in [-0.15, -0.1) is 0 Å². The average Bonchev–Trinajstić information content (AvgIpc) is 2.67. The Kier molecular flexibility index (Phi) is 6.07. The van der Waals surface area contributed by atoms with Gasteiger partial charge in [0.1, 0.15) is 0 Å². The van der Waals surface area contributed by atoms with Crippen LogP contribution in [-0.2, 0) is 4.79 Å². The molecular formula is C28H33NO3. The molecular weight excluding hydrogens is 398 g/mol. The summed E-state index contributed by atoms with van der Waals surface area (Å²) < 4.78 is 0. The molecule has 2 fully saturated rings. The number of fused-ring (bicyclic) bond motifs is 3. The zero-order valence-electron chi connectivity index (χ0n) is 19.6. The molecule has 0 atom stereocenters. The van der Waals surface area contributed by atoms with Gasteiger partial charge in [0, 0.05) is 22.2 Å². The highest BCUT2D eigenvalue weighted by molar-refractivity contribution is 6.53. The monoisotopic (exact) mass is 431 g/mol. The molecule has 4 heteroatoms. The van der Waals surface area contributed by atoms with E-state index in [0.717, 1.165) is 16.7 Å². The second kappa shape index (κ2) is 8.65. The number of ketones is 2. The second-order valence-corrected chi connectivity index (χ2v) is 10.6. The third-order valence-corrected chi connectivity index (χ3v) is 7.09. The summed E-state index contributed by atoms with van der Waals surface area (Å²) in [5.74, 6) is 1.19. The van der Waals surface area contributed by atoms with Crippen molar-refractivity contribution in [3.63, 3.8) is 0 Å². The Morgan fingerprint density at radius 3 is 1.88 bits per heavy atom. The van der Waals surface area contributed by atoms with Crippen LogP contribution in [0.25, 0.3) is 11.1 Å². The first kappa shape index (κ1) is 22.4. The summed E-state index contributed by atoms with van der Waals surface area (Å²) in [5.41, 5.74) is 3.27. The fraction of sp³-hybridized carbons (Fsp3) is 0.464. The molecule has 0 saturated heterocycles. The molecule has 32 heavy (non-hydrogen) atoms. The minimum atomic E-state index is -0.542. The third kappa shape index (κ3) is 4.41. The lowest BCUT2D eigenvalue weighted by molar-refractivity contribution is -0.123. The molecule has 1 N–H and O–H groups in total.